The molecule has 1 saturated heterocycles. The average Bonchev–Trinajstić information content (AvgIpc) is 2.66. The maximum absolute atomic E-state index is 12.3. The Morgan fingerprint density at radius 2 is 2.44 bits per heavy atom. The fraction of sp³-hybridized carbons (Fsp3) is 0.500. The number of hydrogen-bond donors (Lipinski definition) is 2. The molecule has 6 heteroatoms. The number of carbonyl (C=O) groups is 1. The van der Waals surface area contributed by atoms with Crippen LogP contribution in [-0.2, 0) is 9.53 Å². The predicted octanol–water partition coefficient (Wildman–Crippen LogP) is 1.35. The average molecular weight is 270 g/mol. The van der Waals surface area contributed by atoms with Gasteiger partial charge in [0.15, 0.2) is 5.15 Å². The molecule has 3 N–H and O–H groups in total. The lowest BCUT2D eigenvalue weighted by Crippen LogP contribution is -2.47. The number of anilines is 1. The van der Waals surface area contributed by atoms with Gasteiger partial charge in [0, 0.05) is 12.2 Å². The fourth-order valence-corrected chi connectivity index (χ4v) is 2.11. The van der Waals surface area contributed by atoms with Gasteiger partial charge in [-0.3, -0.25) is 4.79 Å². The molecular weight excluding hydrogens is 254 g/mol. The largest absolute Gasteiger partial charge is 0.379 e. The quantitative estimate of drug-likeness (QED) is 0.795. The first-order valence-corrected chi connectivity index (χ1v) is 6.09. The van der Waals surface area contributed by atoms with Gasteiger partial charge in [-0.25, -0.2) is 4.98 Å². The molecule has 1 aliphatic heterocycles. The van der Waals surface area contributed by atoms with E-state index in [0.29, 0.717) is 18.9 Å². The first-order chi connectivity index (χ1) is 8.45. The topological polar surface area (TPSA) is 77.2 Å². The van der Waals surface area contributed by atoms with Gasteiger partial charge in [0.05, 0.1) is 24.3 Å². The number of rotatable bonds is 2. The van der Waals surface area contributed by atoms with Crippen LogP contribution in [0.25, 0.3) is 0 Å². The summed E-state index contributed by atoms with van der Waals surface area (Å²) in [6.07, 6.45) is 1.60. The van der Waals surface area contributed by atoms with Crippen molar-refractivity contribution in [1.29, 1.82) is 0 Å². The van der Waals surface area contributed by atoms with E-state index in [9.17, 15) is 4.79 Å². The van der Waals surface area contributed by atoms with Gasteiger partial charge in [-0.1, -0.05) is 11.6 Å². The first-order valence-electron chi connectivity index (χ1n) is 5.71. The van der Waals surface area contributed by atoms with E-state index in [4.69, 9.17) is 22.1 Å². The number of nitrogens with zero attached hydrogens (tertiary/aromatic N) is 1. The maximum Gasteiger partial charge on any atom is 0.234 e. The molecule has 0 radical (unpaired) electrons. The molecule has 1 aliphatic rings. The third kappa shape index (κ3) is 2.21. The third-order valence-corrected chi connectivity index (χ3v) is 3.67. The normalized spacial score (nSPS) is 27.2. The molecular formula is C12H16ClN3O2. The first kappa shape index (κ1) is 13.3. The lowest BCUT2D eigenvalue weighted by atomic mass is 9.85. The highest BCUT2D eigenvalue weighted by molar-refractivity contribution is 6.32. The second-order valence-electron chi connectivity index (χ2n) is 4.79. The van der Waals surface area contributed by atoms with Crippen LogP contribution >= 0.6 is 11.6 Å². The van der Waals surface area contributed by atoms with Gasteiger partial charge in [0.2, 0.25) is 5.91 Å². The predicted molar refractivity (Wildman–Crippen MR) is 69.5 cm³/mol. The summed E-state index contributed by atoms with van der Waals surface area (Å²) in [6.45, 7) is 4.36. The Kier molecular flexibility index (Phi) is 3.56. The summed E-state index contributed by atoms with van der Waals surface area (Å²) >= 11 is 5.97. The van der Waals surface area contributed by atoms with E-state index in [-0.39, 0.29) is 17.1 Å². The van der Waals surface area contributed by atoms with E-state index < -0.39 is 5.41 Å². The zero-order chi connectivity index (χ0) is 13.3. The highest BCUT2D eigenvalue weighted by atomic mass is 35.5. The molecule has 0 aliphatic carbocycles. The smallest absolute Gasteiger partial charge is 0.234 e. The van der Waals surface area contributed by atoms with Crippen LogP contribution in [0.3, 0.4) is 0 Å². The minimum absolute atomic E-state index is 0.189. The van der Waals surface area contributed by atoms with Crippen molar-refractivity contribution in [1.82, 2.24) is 4.98 Å². The van der Waals surface area contributed by atoms with Crippen molar-refractivity contribution in [3.63, 3.8) is 0 Å². The molecule has 1 aromatic heterocycles. The lowest BCUT2D eigenvalue weighted by molar-refractivity contribution is -0.125. The second kappa shape index (κ2) is 4.84. The molecule has 2 unspecified atom stereocenters. The van der Waals surface area contributed by atoms with E-state index in [1.807, 2.05) is 6.92 Å². The molecule has 18 heavy (non-hydrogen) atoms. The third-order valence-electron chi connectivity index (χ3n) is 3.39. The zero-order valence-electron chi connectivity index (χ0n) is 10.4. The minimum atomic E-state index is -0.731. The molecule has 1 fully saturated rings. The van der Waals surface area contributed by atoms with Crippen LogP contribution in [0, 0.1) is 12.3 Å². The number of aryl methyl sites for hydroxylation is 1. The number of carbonyl (C=O) groups excluding carboxylic acids is 1. The molecule has 2 atom stereocenters. The Labute approximate surface area is 111 Å². The van der Waals surface area contributed by atoms with Crippen LogP contribution in [0.5, 0.6) is 0 Å². The zero-order valence-corrected chi connectivity index (χ0v) is 11.1. The second-order valence-corrected chi connectivity index (χ2v) is 5.14. The van der Waals surface area contributed by atoms with E-state index in [1.165, 1.54) is 0 Å². The monoisotopic (exact) mass is 269 g/mol. The van der Waals surface area contributed by atoms with Crippen LogP contribution < -0.4 is 11.1 Å². The number of amides is 1. The van der Waals surface area contributed by atoms with Crippen LogP contribution in [0.4, 0.5) is 5.69 Å². The maximum atomic E-state index is 12.3. The molecule has 0 saturated carbocycles. The summed E-state index contributed by atoms with van der Waals surface area (Å²) in [6, 6.07) is 1.47. The van der Waals surface area contributed by atoms with Crippen molar-refractivity contribution in [2.45, 2.75) is 19.9 Å². The summed E-state index contributed by atoms with van der Waals surface area (Å²) in [5.74, 6) is -0.189. The van der Waals surface area contributed by atoms with Crippen molar-refractivity contribution < 1.29 is 9.53 Å². The highest BCUT2D eigenvalue weighted by Gasteiger charge is 2.44. The number of ether oxygens (including phenoxy) is 1. The SMILES string of the molecule is Cc1ccnc(Cl)c1NC(=O)C1(C)COCC1N. The summed E-state index contributed by atoms with van der Waals surface area (Å²) in [4.78, 5) is 16.2. The molecule has 1 amide bonds. The van der Waals surface area contributed by atoms with E-state index >= 15 is 0 Å². The number of pyridine rings is 1. The van der Waals surface area contributed by atoms with Gasteiger partial charge < -0.3 is 15.8 Å². The van der Waals surface area contributed by atoms with Gasteiger partial charge in [-0.15, -0.1) is 0 Å². The molecule has 2 rings (SSSR count). The number of nitrogens with one attached hydrogen (secondary N) is 1. The molecule has 98 valence electrons. The Balaban J connectivity index is 2.22. The van der Waals surface area contributed by atoms with Crippen molar-refractivity contribution in [2.24, 2.45) is 11.1 Å². The van der Waals surface area contributed by atoms with Crippen LogP contribution in [0.2, 0.25) is 5.15 Å². The lowest BCUT2D eigenvalue weighted by Gasteiger charge is -2.25. The van der Waals surface area contributed by atoms with Crippen molar-refractivity contribution in [2.75, 3.05) is 18.5 Å². The van der Waals surface area contributed by atoms with Gasteiger partial charge >= 0.3 is 0 Å². The Morgan fingerprint density at radius 3 is 3.00 bits per heavy atom. The minimum Gasteiger partial charge on any atom is -0.379 e. The fourth-order valence-electron chi connectivity index (χ4n) is 1.85. The summed E-state index contributed by atoms with van der Waals surface area (Å²) in [5, 5.41) is 3.08. The molecule has 2 heterocycles. The highest BCUT2D eigenvalue weighted by Crippen LogP contribution is 2.31. The van der Waals surface area contributed by atoms with Crippen LogP contribution in [0.1, 0.15) is 12.5 Å². The summed E-state index contributed by atoms with van der Waals surface area (Å²) in [5.41, 5.74) is 6.57. The van der Waals surface area contributed by atoms with Crippen molar-refractivity contribution in [3.8, 4) is 0 Å². The van der Waals surface area contributed by atoms with Crippen LogP contribution in [-0.4, -0.2) is 30.1 Å². The number of nitrogens with two attached hydrogens (primary N) is 1. The van der Waals surface area contributed by atoms with Crippen molar-refractivity contribution >= 4 is 23.2 Å². The van der Waals surface area contributed by atoms with Crippen LogP contribution in [0.15, 0.2) is 12.3 Å². The van der Waals surface area contributed by atoms with Crippen molar-refractivity contribution in [3.05, 3.63) is 23.0 Å². The van der Waals surface area contributed by atoms with E-state index in [2.05, 4.69) is 10.3 Å². The van der Waals surface area contributed by atoms with Gasteiger partial charge in [-0.2, -0.15) is 0 Å². The van der Waals surface area contributed by atoms with Gasteiger partial charge in [0.25, 0.3) is 0 Å². The molecule has 0 bridgehead atoms. The molecule has 5 nitrogen and oxygen atoms in total. The molecule has 0 aromatic carbocycles. The summed E-state index contributed by atoms with van der Waals surface area (Å²) < 4.78 is 5.26. The Hall–Kier alpha value is -1.17. The van der Waals surface area contributed by atoms with Gasteiger partial charge in [-0.05, 0) is 25.5 Å². The molecule has 1 aromatic rings. The molecule has 0 spiro atoms. The number of halogens is 1. The Bertz CT molecular complexity index is 460. The Morgan fingerprint density at radius 1 is 1.72 bits per heavy atom. The van der Waals surface area contributed by atoms with Gasteiger partial charge in [0.1, 0.15) is 0 Å². The summed E-state index contributed by atoms with van der Waals surface area (Å²) in [7, 11) is 0. The van der Waals surface area contributed by atoms with E-state index in [1.54, 1.807) is 19.2 Å². The number of hydrogen-bond acceptors (Lipinski definition) is 4. The standard InChI is InChI=1S/C12H16ClN3O2/c1-7-3-4-15-10(13)9(7)16-11(17)12(2)6-18-5-8(12)14/h3-4,8H,5-6,14H2,1-2H3,(H,16,17). The van der Waals surface area contributed by atoms with E-state index in [0.717, 1.165) is 5.56 Å². The number of aromatic nitrogens is 1.